The maximum Gasteiger partial charge on any atom is 0.336 e. The number of aromatic nitrogens is 4. The van der Waals surface area contributed by atoms with Crippen molar-refractivity contribution in [3.8, 4) is 0 Å². The van der Waals surface area contributed by atoms with Crippen molar-refractivity contribution in [3.63, 3.8) is 0 Å². The number of alkyl halides is 1. The Morgan fingerprint density at radius 3 is 2.80 bits per heavy atom. The molecule has 21 nitrogen and oxygen atoms in total. The Hall–Kier alpha value is -3.16. The van der Waals surface area contributed by atoms with Crippen molar-refractivity contribution < 1.29 is 50.3 Å². The number of ether oxygens (including phenoxy) is 2. The van der Waals surface area contributed by atoms with Crippen LogP contribution in [0.5, 0.6) is 0 Å². The minimum absolute atomic E-state index is 0.0528. The predicted octanol–water partition coefficient (Wildman–Crippen LogP) is -3.87. The van der Waals surface area contributed by atoms with Crippen LogP contribution < -0.4 is 20.7 Å². The summed E-state index contributed by atoms with van der Waals surface area (Å²) in [6, 6.07) is -1.19. The molecular formula is C20H22FN11O10PS2-. The molecule has 7 rings (SSSR count). The summed E-state index contributed by atoms with van der Waals surface area (Å²) in [4.78, 5) is 46.4. The SMILES string of the molecule is N=C1N=C2C(N=CN2[C@@H]2O[C@@H]3COP([O-])(=S)O[C@H]4[C@@H](O)[C@H](n5cnc6c(N)ncnc65)O[C@@H]4CNS(=O)(=O)O[C@H]3[C@H]2F)C(=O)N1. The number of nitrogens with one attached hydrogen (secondary N) is 3. The van der Waals surface area contributed by atoms with E-state index in [9.17, 15) is 23.2 Å². The number of carbonyl (C=O) groups excluding carboxylic acids is 1. The molecule has 0 aliphatic carbocycles. The molecule has 242 valence electrons. The quantitative estimate of drug-likeness (QED) is 0.188. The Morgan fingerprint density at radius 2 is 2.00 bits per heavy atom. The number of hydrogen-bond acceptors (Lipinski definition) is 18. The summed E-state index contributed by atoms with van der Waals surface area (Å²) in [5, 5.41) is 21.0. The number of anilines is 1. The van der Waals surface area contributed by atoms with Gasteiger partial charge in [-0.3, -0.25) is 30.0 Å². The van der Waals surface area contributed by atoms with Gasteiger partial charge in [-0.05, 0) is 0 Å². The lowest BCUT2D eigenvalue weighted by Gasteiger charge is -2.34. The zero-order valence-corrected chi connectivity index (χ0v) is 24.8. The van der Waals surface area contributed by atoms with Crippen LogP contribution in [-0.2, 0) is 49.6 Å². The number of nitrogens with zero attached hydrogens (tertiary/aromatic N) is 7. The van der Waals surface area contributed by atoms with E-state index in [1.165, 1.54) is 10.9 Å². The third-order valence-corrected chi connectivity index (χ3v) is 9.96. The van der Waals surface area contributed by atoms with Gasteiger partial charge < -0.3 is 34.3 Å². The van der Waals surface area contributed by atoms with Crippen LogP contribution in [0.4, 0.5) is 10.2 Å². The second kappa shape index (κ2) is 11.0. The van der Waals surface area contributed by atoms with E-state index in [4.69, 9.17) is 45.7 Å². The third kappa shape index (κ3) is 5.40. The van der Waals surface area contributed by atoms with Gasteiger partial charge in [0.25, 0.3) is 5.91 Å². The number of amides is 1. The molecule has 0 bridgehead atoms. The molecule has 0 aromatic carbocycles. The molecule has 45 heavy (non-hydrogen) atoms. The Morgan fingerprint density at radius 1 is 1.22 bits per heavy atom. The van der Waals surface area contributed by atoms with E-state index in [1.54, 1.807) is 0 Å². The summed E-state index contributed by atoms with van der Waals surface area (Å²) in [7, 11) is -4.76. The van der Waals surface area contributed by atoms with Crippen molar-refractivity contribution >= 4 is 69.9 Å². The number of nitrogens with two attached hydrogens (primary N) is 1. The highest BCUT2D eigenvalue weighted by Gasteiger charge is 2.54. The minimum atomic E-state index is -4.76. The van der Waals surface area contributed by atoms with Crippen LogP contribution in [0.15, 0.2) is 22.6 Å². The lowest BCUT2D eigenvalue weighted by molar-refractivity contribution is -0.217. The van der Waals surface area contributed by atoms with Crippen molar-refractivity contribution in [2.75, 3.05) is 18.9 Å². The predicted molar refractivity (Wildman–Crippen MR) is 148 cm³/mol. The average molecular weight is 691 g/mol. The molecule has 7 heterocycles. The summed E-state index contributed by atoms with van der Waals surface area (Å²) in [6.45, 7) is -5.90. The smallest absolute Gasteiger partial charge is 0.336 e. The van der Waals surface area contributed by atoms with E-state index in [0.717, 1.165) is 17.6 Å². The number of aliphatic hydroxyl groups excluding tert-OH is 1. The van der Waals surface area contributed by atoms with Gasteiger partial charge in [-0.15, -0.1) is 0 Å². The minimum Gasteiger partial charge on any atom is -0.780 e. The first-order valence-corrected chi connectivity index (χ1v) is 17.0. The van der Waals surface area contributed by atoms with Crippen molar-refractivity contribution in [2.24, 2.45) is 9.98 Å². The fourth-order valence-electron chi connectivity index (χ4n) is 5.41. The number of carbonyl (C=O) groups is 1. The van der Waals surface area contributed by atoms with Crippen molar-refractivity contribution in [1.82, 2.24) is 34.5 Å². The number of nitrogen functional groups attached to an aromatic ring is 1. The number of amidine groups is 1. The van der Waals surface area contributed by atoms with Crippen molar-refractivity contribution in [1.29, 1.82) is 5.41 Å². The van der Waals surface area contributed by atoms with Crippen LogP contribution in [0.2, 0.25) is 0 Å². The lowest BCUT2D eigenvalue weighted by atomic mass is 10.1. The van der Waals surface area contributed by atoms with Crippen LogP contribution in [0.25, 0.3) is 11.2 Å². The maximum absolute atomic E-state index is 15.9. The lowest BCUT2D eigenvalue weighted by Crippen LogP contribution is -2.52. The van der Waals surface area contributed by atoms with Crippen LogP contribution in [-0.4, -0.2) is 124 Å². The van der Waals surface area contributed by atoms with Gasteiger partial charge in [-0.2, -0.15) is 18.1 Å². The van der Waals surface area contributed by atoms with Gasteiger partial charge >= 0.3 is 10.3 Å². The number of fused-ring (bicyclic) bond motifs is 4. The Labute approximate surface area is 256 Å². The van der Waals surface area contributed by atoms with Gasteiger partial charge in [-0.25, -0.2) is 23.5 Å². The molecule has 2 unspecified atom stereocenters. The van der Waals surface area contributed by atoms with E-state index in [2.05, 4.69) is 35.0 Å². The number of rotatable bonds is 2. The summed E-state index contributed by atoms with van der Waals surface area (Å²) in [5.74, 6) is -1.29. The third-order valence-electron chi connectivity index (χ3n) is 7.42. The van der Waals surface area contributed by atoms with Crippen molar-refractivity contribution in [2.45, 2.75) is 55.2 Å². The summed E-state index contributed by atoms with van der Waals surface area (Å²) in [6.07, 6.45) is -9.56. The van der Waals surface area contributed by atoms with Crippen LogP contribution in [0, 0.1) is 5.41 Å². The molecule has 5 aliphatic heterocycles. The normalized spacial score (nSPS) is 39.8. The number of aliphatic imine (C=N–C) groups is 2. The number of hydrogen-bond donors (Lipinski definition) is 5. The van der Waals surface area contributed by atoms with Crippen LogP contribution in [0.3, 0.4) is 0 Å². The molecular weight excluding hydrogens is 668 g/mol. The van der Waals surface area contributed by atoms with Crippen LogP contribution in [0.1, 0.15) is 6.23 Å². The molecule has 10 atom stereocenters. The fraction of sp³-hybridized carbons (Fsp3) is 0.550. The van der Waals surface area contributed by atoms with Gasteiger partial charge in [0, 0.05) is 6.54 Å². The highest BCUT2D eigenvalue weighted by atomic mass is 32.5. The molecule has 0 saturated carbocycles. The number of halogens is 1. The largest absolute Gasteiger partial charge is 0.780 e. The van der Waals surface area contributed by atoms with Crippen LogP contribution >= 0.6 is 6.72 Å². The molecule has 2 aromatic rings. The van der Waals surface area contributed by atoms with E-state index >= 15 is 4.39 Å². The average Bonchev–Trinajstić information content (AvgIpc) is 3.72. The summed E-state index contributed by atoms with van der Waals surface area (Å²) >= 11 is 5.05. The monoisotopic (exact) mass is 690 g/mol. The van der Waals surface area contributed by atoms with E-state index < -0.39 is 97.2 Å². The summed E-state index contributed by atoms with van der Waals surface area (Å²) in [5.41, 5.74) is 6.20. The number of guanidine groups is 1. The fourth-order valence-corrected chi connectivity index (χ4v) is 7.80. The Balaban J connectivity index is 1.14. The topological polar surface area (TPSA) is 286 Å². The van der Waals surface area contributed by atoms with Gasteiger partial charge in [0.1, 0.15) is 49.1 Å². The summed E-state index contributed by atoms with van der Waals surface area (Å²) < 4.78 is 72.9. The number of aliphatic hydroxyl groups is 1. The second-order valence-corrected chi connectivity index (χ2v) is 14.3. The zero-order chi connectivity index (χ0) is 31.8. The molecule has 0 radical (unpaired) electrons. The van der Waals surface area contributed by atoms with Gasteiger partial charge in [0.15, 0.2) is 42.0 Å². The highest BCUT2D eigenvalue weighted by molar-refractivity contribution is 8.06. The highest BCUT2D eigenvalue weighted by Crippen LogP contribution is 2.47. The van der Waals surface area contributed by atoms with Gasteiger partial charge in [0.2, 0.25) is 5.96 Å². The molecule has 25 heteroatoms. The van der Waals surface area contributed by atoms with E-state index in [-0.39, 0.29) is 22.8 Å². The Kier molecular flexibility index (Phi) is 7.44. The second-order valence-electron chi connectivity index (χ2n) is 10.2. The molecule has 0 spiro atoms. The molecule has 3 saturated heterocycles. The van der Waals surface area contributed by atoms with Gasteiger partial charge in [-0.1, -0.05) is 11.8 Å². The zero-order valence-electron chi connectivity index (χ0n) is 22.3. The first-order chi connectivity index (χ1) is 21.3. The molecule has 3 fully saturated rings. The number of imidazole rings is 1. The van der Waals surface area contributed by atoms with E-state index in [0.29, 0.717) is 0 Å². The Bertz CT molecular complexity index is 1800. The van der Waals surface area contributed by atoms with Crippen molar-refractivity contribution in [3.05, 3.63) is 12.7 Å². The van der Waals surface area contributed by atoms with Gasteiger partial charge in [0.05, 0.1) is 19.3 Å². The molecule has 2 aromatic heterocycles. The first-order valence-electron chi connectivity index (χ1n) is 13.0. The maximum atomic E-state index is 15.9. The first kappa shape index (κ1) is 30.5. The molecule has 1 amide bonds. The molecule has 6 N–H and O–H groups in total. The molecule has 5 aliphatic rings. The van der Waals surface area contributed by atoms with E-state index in [1.807, 2.05) is 0 Å². The standard InChI is InChI=1S/C20H23FN11O10PS2/c21-8-12-7(40-18(8)32-5-27-10-16(32)29-20(23)30-17(10)34)2-38-43(35,44)41-13-6(1-28-45(36,37)42-12)39-19(11(13)33)31-4-26-9-14(22)24-3-25-15(9)31/h3-8,10-13,18-19,28,33H,1-2H2,(H,35,44)(H2,22,24,25)(H2,23,30,34)/p-1/t6-,7-,8-,10?,11-,12-,13-,18-,19-,43?/m1/s1.